The minimum Gasteiger partial charge on any atom is -0.411 e. The summed E-state index contributed by atoms with van der Waals surface area (Å²) < 4.78 is 5.65. The number of aromatic nitrogens is 2. The summed E-state index contributed by atoms with van der Waals surface area (Å²) in [5.74, 6) is 0.783. The van der Waals surface area contributed by atoms with Crippen molar-refractivity contribution in [2.75, 3.05) is 12.8 Å². The molecule has 0 bridgehead atoms. The Labute approximate surface area is 155 Å². The van der Waals surface area contributed by atoms with Gasteiger partial charge in [-0.1, -0.05) is 29.5 Å². The van der Waals surface area contributed by atoms with Gasteiger partial charge in [0.25, 0.3) is 5.22 Å². The number of carbonyl (C=O) groups is 1. The van der Waals surface area contributed by atoms with E-state index in [1.54, 1.807) is 16.2 Å². The van der Waals surface area contributed by atoms with Crippen LogP contribution in [0, 0.1) is 13.8 Å². The van der Waals surface area contributed by atoms with Crippen LogP contribution in [0.15, 0.2) is 45.4 Å². The minimum atomic E-state index is 0.0353. The number of thioether (sulfide) groups is 1. The highest BCUT2D eigenvalue weighted by atomic mass is 32.2. The molecule has 1 amide bonds. The Morgan fingerprint density at radius 3 is 2.84 bits per heavy atom. The van der Waals surface area contributed by atoms with E-state index < -0.39 is 0 Å². The van der Waals surface area contributed by atoms with E-state index in [9.17, 15) is 4.79 Å². The molecule has 25 heavy (non-hydrogen) atoms. The van der Waals surface area contributed by atoms with Crippen LogP contribution in [0.25, 0.3) is 11.5 Å². The second kappa shape index (κ2) is 7.84. The van der Waals surface area contributed by atoms with Crippen LogP contribution in [0.3, 0.4) is 0 Å². The molecule has 0 aliphatic heterocycles. The Hall–Kier alpha value is -2.12. The SMILES string of the molecule is Cc1cccc(-c2nnc(SCC(=O)N(C)Cc3sccc3C)o2)c1. The van der Waals surface area contributed by atoms with E-state index in [4.69, 9.17) is 4.42 Å². The molecule has 0 fully saturated rings. The van der Waals surface area contributed by atoms with Gasteiger partial charge >= 0.3 is 0 Å². The summed E-state index contributed by atoms with van der Waals surface area (Å²) in [5, 5.41) is 10.5. The van der Waals surface area contributed by atoms with Gasteiger partial charge in [0, 0.05) is 17.5 Å². The second-order valence-electron chi connectivity index (χ2n) is 5.81. The number of hydrogen-bond donors (Lipinski definition) is 0. The topological polar surface area (TPSA) is 59.2 Å². The predicted molar refractivity (Wildman–Crippen MR) is 101 cm³/mol. The number of carbonyl (C=O) groups excluding carboxylic acids is 1. The second-order valence-corrected chi connectivity index (χ2v) is 7.74. The summed E-state index contributed by atoms with van der Waals surface area (Å²) >= 11 is 2.94. The molecular formula is C18H19N3O2S2. The lowest BCUT2D eigenvalue weighted by atomic mass is 10.1. The third-order valence-corrected chi connectivity index (χ3v) is 5.58. The molecule has 3 rings (SSSR count). The van der Waals surface area contributed by atoms with Crippen LogP contribution in [-0.4, -0.2) is 33.8 Å². The van der Waals surface area contributed by atoms with Gasteiger partial charge in [-0.2, -0.15) is 0 Å². The molecule has 0 aliphatic carbocycles. The molecule has 0 atom stereocenters. The Bertz CT molecular complexity index is 873. The van der Waals surface area contributed by atoms with Gasteiger partial charge in [0.15, 0.2) is 0 Å². The van der Waals surface area contributed by atoms with Crippen molar-refractivity contribution in [3.8, 4) is 11.5 Å². The zero-order chi connectivity index (χ0) is 17.8. The Morgan fingerprint density at radius 2 is 2.12 bits per heavy atom. The zero-order valence-corrected chi connectivity index (χ0v) is 16.0. The Balaban J connectivity index is 1.56. The van der Waals surface area contributed by atoms with Crippen LogP contribution < -0.4 is 0 Å². The highest BCUT2D eigenvalue weighted by molar-refractivity contribution is 7.99. The molecule has 0 saturated carbocycles. The maximum Gasteiger partial charge on any atom is 0.277 e. The van der Waals surface area contributed by atoms with Crippen LogP contribution in [-0.2, 0) is 11.3 Å². The van der Waals surface area contributed by atoms with Crippen LogP contribution in [0.4, 0.5) is 0 Å². The average Bonchev–Trinajstić information content (AvgIpc) is 3.22. The van der Waals surface area contributed by atoms with E-state index in [0.717, 1.165) is 11.1 Å². The molecule has 0 saturated heterocycles. The summed E-state index contributed by atoms with van der Waals surface area (Å²) in [7, 11) is 1.81. The maximum atomic E-state index is 12.3. The van der Waals surface area contributed by atoms with Crippen molar-refractivity contribution >= 4 is 29.0 Å². The molecule has 5 nitrogen and oxygen atoms in total. The van der Waals surface area contributed by atoms with Gasteiger partial charge in [-0.15, -0.1) is 21.5 Å². The van der Waals surface area contributed by atoms with E-state index in [1.165, 1.54) is 22.2 Å². The number of aryl methyl sites for hydroxylation is 2. The largest absolute Gasteiger partial charge is 0.411 e. The molecular weight excluding hydrogens is 354 g/mol. The van der Waals surface area contributed by atoms with Gasteiger partial charge < -0.3 is 9.32 Å². The quantitative estimate of drug-likeness (QED) is 0.607. The summed E-state index contributed by atoms with van der Waals surface area (Å²) in [6, 6.07) is 9.95. The van der Waals surface area contributed by atoms with Crippen LogP contribution in [0.5, 0.6) is 0 Å². The molecule has 0 aliphatic rings. The number of rotatable bonds is 6. The van der Waals surface area contributed by atoms with E-state index in [0.29, 0.717) is 17.7 Å². The van der Waals surface area contributed by atoms with Crippen molar-refractivity contribution in [1.29, 1.82) is 0 Å². The Kier molecular flexibility index (Phi) is 5.55. The molecule has 130 valence electrons. The smallest absolute Gasteiger partial charge is 0.277 e. The third-order valence-electron chi connectivity index (χ3n) is 3.77. The van der Waals surface area contributed by atoms with Gasteiger partial charge in [0.2, 0.25) is 11.8 Å². The number of nitrogens with zero attached hydrogens (tertiary/aromatic N) is 3. The Morgan fingerprint density at radius 1 is 1.28 bits per heavy atom. The fraction of sp³-hybridized carbons (Fsp3) is 0.278. The first-order chi connectivity index (χ1) is 12.0. The average molecular weight is 374 g/mol. The van der Waals surface area contributed by atoms with Crippen LogP contribution in [0.2, 0.25) is 0 Å². The highest BCUT2D eigenvalue weighted by Gasteiger charge is 2.15. The lowest BCUT2D eigenvalue weighted by Crippen LogP contribution is -2.27. The third kappa shape index (κ3) is 4.49. The number of benzene rings is 1. The van der Waals surface area contributed by atoms with E-state index in [-0.39, 0.29) is 11.7 Å². The standard InChI is InChI=1S/C18H19N3O2S2/c1-12-5-4-6-14(9-12)17-19-20-18(23-17)25-11-16(22)21(3)10-15-13(2)7-8-24-15/h4-9H,10-11H2,1-3H3. The van der Waals surface area contributed by atoms with Crippen molar-refractivity contribution in [2.45, 2.75) is 25.6 Å². The summed E-state index contributed by atoms with van der Waals surface area (Å²) in [4.78, 5) is 15.2. The van der Waals surface area contributed by atoms with Crippen molar-refractivity contribution < 1.29 is 9.21 Å². The zero-order valence-electron chi connectivity index (χ0n) is 14.4. The number of hydrogen-bond acceptors (Lipinski definition) is 6. The van der Waals surface area contributed by atoms with Gasteiger partial charge in [-0.05, 0) is 43.0 Å². The van der Waals surface area contributed by atoms with Gasteiger partial charge in [0.1, 0.15) is 0 Å². The van der Waals surface area contributed by atoms with Gasteiger partial charge in [-0.25, -0.2) is 0 Å². The van der Waals surface area contributed by atoms with Crippen LogP contribution >= 0.6 is 23.1 Å². The molecule has 2 heterocycles. The number of amides is 1. The normalized spacial score (nSPS) is 10.8. The number of thiophene rings is 1. The van der Waals surface area contributed by atoms with Crippen LogP contribution in [0.1, 0.15) is 16.0 Å². The molecule has 0 radical (unpaired) electrons. The summed E-state index contributed by atoms with van der Waals surface area (Å²) in [6.07, 6.45) is 0. The van der Waals surface area contributed by atoms with Gasteiger partial charge in [0.05, 0.1) is 12.3 Å². The molecule has 2 aromatic heterocycles. The van der Waals surface area contributed by atoms with Crippen molar-refractivity contribution in [3.63, 3.8) is 0 Å². The van der Waals surface area contributed by atoms with Crippen molar-refractivity contribution in [3.05, 3.63) is 51.7 Å². The first-order valence-corrected chi connectivity index (χ1v) is 9.69. The molecule has 0 N–H and O–H groups in total. The first-order valence-electron chi connectivity index (χ1n) is 7.83. The monoisotopic (exact) mass is 373 g/mol. The molecule has 1 aromatic carbocycles. The molecule has 7 heteroatoms. The molecule has 0 unspecified atom stereocenters. The van der Waals surface area contributed by atoms with E-state index in [1.807, 2.05) is 43.6 Å². The van der Waals surface area contributed by atoms with Crippen molar-refractivity contribution in [2.24, 2.45) is 0 Å². The van der Waals surface area contributed by atoms with Gasteiger partial charge in [-0.3, -0.25) is 4.79 Å². The first kappa shape index (κ1) is 17.7. The minimum absolute atomic E-state index is 0.0353. The lowest BCUT2D eigenvalue weighted by molar-refractivity contribution is -0.127. The van der Waals surface area contributed by atoms with E-state index in [2.05, 4.69) is 23.2 Å². The summed E-state index contributed by atoms with van der Waals surface area (Å²) in [5.41, 5.74) is 3.23. The molecule has 0 spiro atoms. The van der Waals surface area contributed by atoms with Crippen molar-refractivity contribution in [1.82, 2.24) is 15.1 Å². The fourth-order valence-corrected chi connectivity index (χ4v) is 3.93. The highest BCUT2D eigenvalue weighted by Crippen LogP contribution is 2.24. The lowest BCUT2D eigenvalue weighted by Gasteiger charge is -2.16. The predicted octanol–water partition coefficient (Wildman–Crippen LogP) is 4.17. The van der Waals surface area contributed by atoms with E-state index >= 15 is 0 Å². The maximum absolute atomic E-state index is 12.3. The summed E-state index contributed by atoms with van der Waals surface area (Å²) in [6.45, 7) is 4.70. The fourth-order valence-electron chi connectivity index (χ4n) is 2.27. The molecule has 3 aromatic rings.